The van der Waals surface area contributed by atoms with Gasteiger partial charge in [-0.05, 0) is 12.3 Å². The second-order valence-electron chi connectivity index (χ2n) is 4.21. The first-order valence-electron chi connectivity index (χ1n) is 4.91. The van der Waals surface area contributed by atoms with E-state index in [0.29, 0.717) is 6.42 Å². The van der Waals surface area contributed by atoms with Gasteiger partial charge in [0, 0.05) is 12.5 Å². The van der Waals surface area contributed by atoms with E-state index in [9.17, 15) is 18.6 Å². The Balaban J connectivity index is 2.81. The highest BCUT2D eigenvalue weighted by molar-refractivity contribution is 7.91. The Morgan fingerprint density at radius 1 is 1.40 bits per heavy atom. The van der Waals surface area contributed by atoms with Gasteiger partial charge in [-0.25, -0.2) is 8.42 Å². The Morgan fingerprint density at radius 2 is 2.00 bits per heavy atom. The molecule has 5 nitrogen and oxygen atoms in total. The van der Waals surface area contributed by atoms with Gasteiger partial charge in [-0.2, -0.15) is 0 Å². The van der Waals surface area contributed by atoms with Crippen LogP contribution >= 0.6 is 0 Å². The summed E-state index contributed by atoms with van der Waals surface area (Å²) in [5, 5.41) is 18.6. The van der Waals surface area contributed by atoms with Gasteiger partial charge in [-0.15, -0.1) is 0 Å². The molecule has 1 rings (SSSR count). The van der Waals surface area contributed by atoms with Crippen LogP contribution in [0.4, 0.5) is 0 Å². The van der Waals surface area contributed by atoms with Crippen LogP contribution < -0.4 is 0 Å². The quantitative estimate of drug-likeness (QED) is 0.644. The van der Waals surface area contributed by atoms with Gasteiger partial charge in [0.2, 0.25) is 0 Å². The minimum absolute atomic E-state index is 0.0392. The van der Waals surface area contributed by atoms with Crippen LogP contribution in [0.3, 0.4) is 0 Å². The summed E-state index contributed by atoms with van der Waals surface area (Å²) < 4.78 is 27.6. The average Bonchev–Trinajstić information content (AvgIpc) is 2.56. The zero-order chi connectivity index (χ0) is 11.5. The molecule has 0 spiro atoms. The standard InChI is InChI=1S/C9H18O5S/c1-14-7-9(5-10,6-11)8-2-3-15(12,13)4-8/h8,10-11H,2-7H2,1H3. The zero-order valence-electron chi connectivity index (χ0n) is 8.85. The minimum atomic E-state index is -2.99. The van der Waals surface area contributed by atoms with E-state index in [-0.39, 0.29) is 37.2 Å². The van der Waals surface area contributed by atoms with E-state index in [1.54, 1.807) is 0 Å². The monoisotopic (exact) mass is 238 g/mol. The fourth-order valence-corrected chi connectivity index (χ4v) is 4.03. The van der Waals surface area contributed by atoms with E-state index in [1.165, 1.54) is 7.11 Å². The van der Waals surface area contributed by atoms with E-state index in [2.05, 4.69) is 0 Å². The predicted octanol–water partition coefficient (Wildman–Crippen LogP) is -0.961. The molecule has 0 aromatic rings. The first kappa shape index (κ1) is 12.9. The number of aliphatic hydroxyl groups excluding tert-OH is 2. The molecule has 1 heterocycles. The van der Waals surface area contributed by atoms with E-state index >= 15 is 0 Å². The lowest BCUT2D eigenvalue weighted by molar-refractivity contribution is -0.0449. The van der Waals surface area contributed by atoms with Gasteiger partial charge in [0.25, 0.3) is 0 Å². The molecular weight excluding hydrogens is 220 g/mol. The van der Waals surface area contributed by atoms with E-state index < -0.39 is 15.3 Å². The van der Waals surface area contributed by atoms with E-state index in [1.807, 2.05) is 0 Å². The molecule has 0 radical (unpaired) electrons. The zero-order valence-corrected chi connectivity index (χ0v) is 9.66. The van der Waals surface area contributed by atoms with Gasteiger partial charge in [0.15, 0.2) is 9.84 Å². The van der Waals surface area contributed by atoms with Crippen molar-refractivity contribution in [3.63, 3.8) is 0 Å². The molecule has 90 valence electrons. The Labute approximate surface area is 90.0 Å². The molecule has 0 amide bonds. The van der Waals surface area contributed by atoms with Crippen LogP contribution in [0.2, 0.25) is 0 Å². The van der Waals surface area contributed by atoms with Crippen molar-refractivity contribution in [2.45, 2.75) is 6.42 Å². The molecule has 1 aliphatic heterocycles. The number of hydrogen-bond donors (Lipinski definition) is 2. The van der Waals surface area contributed by atoms with Crippen molar-refractivity contribution in [2.24, 2.45) is 11.3 Å². The molecule has 1 fully saturated rings. The van der Waals surface area contributed by atoms with Crippen molar-refractivity contribution < 1.29 is 23.4 Å². The Kier molecular flexibility index (Phi) is 4.11. The first-order chi connectivity index (χ1) is 6.99. The van der Waals surface area contributed by atoms with Crippen LogP contribution in [0.25, 0.3) is 0 Å². The number of ether oxygens (including phenoxy) is 1. The largest absolute Gasteiger partial charge is 0.396 e. The molecule has 0 aliphatic carbocycles. The summed E-state index contributed by atoms with van der Waals surface area (Å²) in [7, 11) is -1.52. The minimum Gasteiger partial charge on any atom is -0.396 e. The molecule has 2 N–H and O–H groups in total. The van der Waals surface area contributed by atoms with E-state index in [0.717, 1.165) is 0 Å². The topological polar surface area (TPSA) is 83.8 Å². The van der Waals surface area contributed by atoms with Crippen molar-refractivity contribution >= 4 is 9.84 Å². The Hall–Kier alpha value is -0.170. The highest BCUT2D eigenvalue weighted by Gasteiger charge is 2.44. The maximum atomic E-state index is 11.3. The van der Waals surface area contributed by atoms with Gasteiger partial charge in [0.05, 0.1) is 31.3 Å². The van der Waals surface area contributed by atoms with Crippen LogP contribution in [0.5, 0.6) is 0 Å². The maximum absolute atomic E-state index is 11.3. The van der Waals surface area contributed by atoms with Crippen LogP contribution in [0, 0.1) is 11.3 Å². The third-order valence-corrected chi connectivity index (χ3v) is 4.93. The number of aliphatic hydroxyl groups is 2. The Morgan fingerprint density at radius 3 is 2.33 bits per heavy atom. The van der Waals surface area contributed by atoms with Crippen molar-refractivity contribution in [1.82, 2.24) is 0 Å². The summed E-state index contributed by atoms with van der Waals surface area (Å²) in [5.74, 6) is -0.0295. The lowest BCUT2D eigenvalue weighted by atomic mass is 9.77. The molecule has 1 saturated heterocycles. The van der Waals surface area contributed by atoms with Crippen molar-refractivity contribution in [3.05, 3.63) is 0 Å². The second kappa shape index (κ2) is 4.78. The summed E-state index contributed by atoms with van der Waals surface area (Å²) >= 11 is 0. The third-order valence-electron chi connectivity index (χ3n) is 3.16. The number of hydrogen-bond acceptors (Lipinski definition) is 5. The molecule has 0 saturated carbocycles. The third kappa shape index (κ3) is 2.69. The van der Waals surface area contributed by atoms with Crippen molar-refractivity contribution in [1.29, 1.82) is 0 Å². The molecule has 1 aliphatic rings. The van der Waals surface area contributed by atoms with Crippen LogP contribution in [0.1, 0.15) is 6.42 Å². The maximum Gasteiger partial charge on any atom is 0.150 e. The lowest BCUT2D eigenvalue weighted by Crippen LogP contribution is -2.42. The second-order valence-corrected chi connectivity index (χ2v) is 6.44. The highest BCUT2D eigenvalue weighted by atomic mass is 32.2. The van der Waals surface area contributed by atoms with Gasteiger partial charge in [0.1, 0.15) is 0 Å². The molecule has 0 aromatic carbocycles. The molecule has 1 unspecified atom stereocenters. The SMILES string of the molecule is COCC(CO)(CO)C1CCS(=O)(=O)C1. The number of methoxy groups -OCH3 is 1. The summed E-state index contributed by atoms with van der Waals surface area (Å²) in [6.45, 7) is -0.324. The van der Waals surface area contributed by atoms with Gasteiger partial charge < -0.3 is 14.9 Å². The molecule has 15 heavy (non-hydrogen) atoms. The normalized spacial score (nSPS) is 25.7. The molecular formula is C9H18O5S. The summed E-state index contributed by atoms with van der Waals surface area (Å²) in [6.07, 6.45) is 0.493. The fraction of sp³-hybridized carbons (Fsp3) is 1.00. The predicted molar refractivity (Wildman–Crippen MR) is 55.2 cm³/mol. The lowest BCUT2D eigenvalue weighted by Gasteiger charge is -2.34. The van der Waals surface area contributed by atoms with Gasteiger partial charge in [-0.3, -0.25) is 0 Å². The molecule has 0 bridgehead atoms. The number of rotatable bonds is 5. The van der Waals surface area contributed by atoms with Crippen molar-refractivity contribution in [2.75, 3.05) is 38.4 Å². The highest BCUT2D eigenvalue weighted by Crippen LogP contribution is 2.35. The fourth-order valence-electron chi connectivity index (χ4n) is 2.08. The smallest absolute Gasteiger partial charge is 0.150 e. The van der Waals surface area contributed by atoms with Crippen LogP contribution in [-0.2, 0) is 14.6 Å². The molecule has 6 heteroatoms. The molecule has 1 atom stereocenters. The van der Waals surface area contributed by atoms with Gasteiger partial charge >= 0.3 is 0 Å². The summed E-state index contributed by atoms with van der Waals surface area (Å²) in [5.41, 5.74) is -0.821. The number of sulfone groups is 1. The Bertz CT molecular complexity index is 294. The summed E-state index contributed by atoms with van der Waals surface area (Å²) in [4.78, 5) is 0. The van der Waals surface area contributed by atoms with Crippen LogP contribution in [-0.4, -0.2) is 57.1 Å². The first-order valence-corrected chi connectivity index (χ1v) is 6.73. The van der Waals surface area contributed by atoms with Gasteiger partial charge in [-0.1, -0.05) is 0 Å². The van der Waals surface area contributed by atoms with Crippen LogP contribution in [0.15, 0.2) is 0 Å². The molecule has 0 aromatic heterocycles. The van der Waals surface area contributed by atoms with Crippen molar-refractivity contribution in [3.8, 4) is 0 Å². The average molecular weight is 238 g/mol. The summed E-state index contributed by atoms with van der Waals surface area (Å²) in [6, 6.07) is 0. The van der Waals surface area contributed by atoms with E-state index in [4.69, 9.17) is 4.74 Å².